The average Bonchev–Trinajstić information content (AvgIpc) is 2.88. The van der Waals surface area contributed by atoms with Gasteiger partial charge in [-0.15, -0.1) is 0 Å². The van der Waals surface area contributed by atoms with Gasteiger partial charge in [-0.1, -0.05) is 89.8 Å². The van der Waals surface area contributed by atoms with Crippen LogP contribution in [0.15, 0.2) is 70.5 Å². The van der Waals surface area contributed by atoms with Crippen molar-refractivity contribution >= 4 is 79.5 Å². The first-order valence-electron chi connectivity index (χ1n) is 13.9. The maximum atomic E-state index is 11.4. The minimum atomic E-state index is -4.42. The number of hydrogen-bond donors (Lipinski definition) is 0. The molecule has 4 aromatic carbocycles. The van der Waals surface area contributed by atoms with E-state index in [9.17, 15) is 25.9 Å². The van der Waals surface area contributed by atoms with E-state index in [1.54, 1.807) is 0 Å². The van der Waals surface area contributed by atoms with E-state index in [0.717, 1.165) is 71.2 Å². The van der Waals surface area contributed by atoms with Crippen molar-refractivity contribution in [3.8, 4) is 0 Å². The molecule has 0 spiro atoms. The summed E-state index contributed by atoms with van der Waals surface area (Å²) < 4.78 is 68.6. The predicted molar refractivity (Wildman–Crippen MR) is 166 cm³/mol. The summed E-state index contributed by atoms with van der Waals surface area (Å²) in [6, 6.07) is 18.8. The van der Waals surface area contributed by atoms with Crippen molar-refractivity contribution in [2.75, 3.05) is 0 Å². The van der Waals surface area contributed by atoms with Crippen molar-refractivity contribution in [1.82, 2.24) is 0 Å². The molecule has 9 heteroatoms. The molecule has 6 nitrogen and oxygen atoms in total. The summed E-state index contributed by atoms with van der Waals surface area (Å²) in [5.41, 5.74) is 3.58. The fraction of sp³-hybridized carbons (Fsp3) is 0.375. The van der Waals surface area contributed by atoms with E-state index < -0.39 is 20.2 Å². The maximum Gasteiger partial charge on any atom is 2.00 e. The summed E-state index contributed by atoms with van der Waals surface area (Å²) in [5.74, 6) is 0. The van der Waals surface area contributed by atoms with Gasteiger partial charge >= 0.3 is 37.7 Å². The molecule has 4 aromatic rings. The van der Waals surface area contributed by atoms with Gasteiger partial charge in [-0.2, -0.15) is 0 Å². The molecule has 0 saturated carbocycles. The first-order chi connectivity index (χ1) is 18.9. The maximum absolute atomic E-state index is 11.4. The van der Waals surface area contributed by atoms with Gasteiger partial charge < -0.3 is 9.11 Å². The Morgan fingerprint density at radius 3 is 1.12 bits per heavy atom. The standard InChI is InChI=1S/2C16H20O3S.Ca/c2*1-3-5-12-7-8-13-10-14(6-4-2)16(20(17,18)19)11-15(13)9-12;/h2*7-11H,3-6H2,1-2H3,(H,17,18,19);/q;;+2/p-2. The van der Waals surface area contributed by atoms with Gasteiger partial charge in [-0.25, -0.2) is 16.8 Å². The van der Waals surface area contributed by atoms with Gasteiger partial charge in [-0.05, 0) is 93.7 Å². The number of aryl methyl sites for hydroxylation is 4. The number of hydrogen-bond acceptors (Lipinski definition) is 6. The monoisotopic (exact) mass is 622 g/mol. The molecule has 0 aliphatic rings. The van der Waals surface area contributed by atoms with Gasteiger partial charge in [0.15, 0.2) is 0 Å². The van der Waals surface area contributed by atoms with Crippen molar-refractivity contribution < 1.29 is 25.9 Å². The van der Waals surface area contributed by atoms with Gasteiger partial charge in [0, 0.05) is 0 Å². The largest absolute Gasteiger partial charge is 2.00 e. The van der Waals surface area contributed by atoms with E-state index in [2.05, 4.69) is 26.0 Å². The van der Waals surface area contributed by atoms with E-state index in [1.807, 2.05) is 50.2 Å². The molecule has 216 valence electrons. The summed E-state index contributed by atoms with van der Waals surface area (Å²) >= 11 is 0. The van der Waals surface area contributed by atoms with Crippen molar-refractivity contribution in [1.29, 1.82) is 0 Å². The molecule has 0 fully saturated rings. The van der Waals surface area contributed by atoms with Crippen LogP contribution in [0.3, 0.4) is 0 Å². The third kappa shape index (κ3) is 9.75. The van der Waals surface area contributed by atoms with E-state index in [0.29, 0.717) is 24.0 Å². The Bertz CT molecular complexity index is 1570. The predicted octanol–water partition coefficient (Wildman–Crippen LogP) is 6.92. The Hall–Kier alpha value is -1.52. The Morgan fingerprint density at radius 2 is 0.829 bits per heavy atom. The number of benzene rings is 4. The van der Waals surface area contributed by atoms with Crippen LogP contribution < -0.4 is 0 Å². The molecular weight excluding hydrogens is 585 g/mol. The molecule has 0 atom stereocenters. The van der Waals surface area contributed by atoms with Crippen molar-refractivity contribution in [3.63, 3.8) is 0 Å². The van der Waals surface area contributed by atoms with E-state index in [4.69, 9.17) is 0 Å². The third-order valence-corrected chi connectivity index (χ3v) is 8.66. The summed E-state index contributed by atoms with van der Waals surface area (Å²) in [4.78, 5) is -0.138. The van der Waals surface area contributed by atoms with Crippen LogP contribution in [0.4, 0.5) is 0 Å². The Labute approximate surface area is 275 Å². The summed E-state index contributed by atoms with van der Waals surface area (Å²) in [6.07, 6.45) is 6.79. The first kappa shape index (κ1) is 35.7. The molecule has 0 aromatic heterocycles. The molecule has 0 aliphatic carbocycles. The van der Waals surface area contributed by atoms with Crippen molar-refractivity contribution in [2.45, 2.75) is 88.9 Å². The first-order valence-corrected chi connectivity index (χ1v) is 16.8. The zero-order valence-corrected chi connectivity index (χ0v) is 28.2. The van der Waals surface area contributed by atoms with Gasteiger partial charge in [-0.3, -0.25) is 0 Å². The van der Waals surface area contributed by atoms with E-state index in [-0.39, 0.29) is 47.5 Å². The van der Waals surface area contributed by atoms with Gasteiger partial charge in [0.05, 0.1) is 9.79 Å². The minimum Gasteiger partial charge on any atom is -0.744 e. The van der Waals surface area contributed by atoms with Crippen LogP contribution in [0, 0.1) is 0 Å². The summed E-state index contributed by atoms with van der Waals surface area (Å²) in [7, 11) is -8.84. The van der Waals surface area contributed by atoms with Crippen LogP contribution in [0.5, 0.6) is 0 Å². The fourth-order valence-corrected chi connectivity index (χ4v) is 6.54. The molecule has 0 radical (unpaired) electrons. The molecule has 0 amide bonds. The SMILES string of the molecule is CCCc1ccc2cc(CCC)c(S(=O)(=O)[O-])cc2c1.CCCc1ccc2cc(CCC)c(S(=O)(=O)[O-])cc2c1.[Ca+2]. The number of rotatable bonds is 10. The second kappa shape index (κ2) is 15.8. The van der Waals surface area contributed by atoms with E-state index in [1.165, 1.54) is 12.1 Å². The van der Waals surface area contributed by atoms with Crippen LogP contribution in [-0.2, 0) is 45.9 Å². The second-order valence-corrected chi connectivity index (χ2v) is 12.9. The third-order valence-electron chi connectivity index (χ3n) is 6.82. The Morgan fingerprint density at radius 1 is 0.488 bits per heavy atom. The van der Waals surface area contributed by atoms with Crippen molar-refractivity contribution in [3.05, 3.63) is 82.9 Å². The molecule has 0 saturated heterocycles. The topological polar surface area (TPSA) is 114 Å². The molecule has 0 heterocycles. The van der Waals surface area contributed by atoms with Crippen LogP contribution in [0.25, 0.3) is 21.5 Å². The van der Waals surface area contributed by atoms with Gasteiger partial charge in [0.1, 0.15) is 20.2 Å². The van der Waals surface area contributed by atoms with Crippen molar-refractivity contribution in [2.24, 2.45) is 0 Å². The zero-order valence-electron chi connectivity index (χ0n) is 24.4. The molecule has 41 heavy (non-hydrogen) atoms. The molecule has 0 bridgehead atoms. The Balaban J connectivity index is 0.000000280. The zero-order chi connectivity index (χ0) is 29.5. The van der Waals surface area contributed by atoms with Gasteiger partial charge in [0.2, 0.25) is 0 Å². The molecule has 0 aliphatic heterocycles. The normalized spacial score (nSPS) is 11.7. The molecule has 0 N–H and O–H groups in total. The number of fused-ring (bicyclic) bond motifs is 2. The Kier molecular flexibility index (Phi) is 13.8. The van der Waals surface area contributed by atoms with E-state index >= 15 is 0 Å². The van der Waals surface area contributed by atoms with Crippen LogP contribution in [-0.4, -0.2) is 63.7 Å². The van der Waals surface area contributed by atoms with Gasteiger partial charge in [0.25, 0.3) is 0 Å². The summed E-state index contributed by atoms with van der Waals surface area (Å²) in [5, 5.41) is 3.62. The fourth-order valence-electron chi connectivity index (χ4n) is 5.03. The molecule has 4 rings (SSSR count). The van der Waals surface area contributed by atoms with Crippen LogP contribution in [0.2, 0.25) is 0 Å². The molecular formula is C32H38CaO6S2. The second-order valence-electron chi connectivity index (χ2n) is 10.2. The van der Waals surface area contributed by atoms with Crippen LogP contribution >= 0.6 is 0 Å². The average molecular weight is 623 g/mol. The summed E-state index contributed by atoms with van der Waals surface area (Å²) in [6.45, 7) is 8.13. The minimum absolute atomic E-state index is 0. The van der Waals surface area contributed by atoms with Crippen LogP contribution in [0.1, 0.15) is 75.6 Å². The quantitative estimate of drug-likeness (QED) is 0.140. The molecule has 0 unspecified atom stereocenters. The smallest absolute Gasteiger partial charge is 0.744 e.